The van der Waals surface area contributed by atoms with Crippen LogP contribution in [0.3, 0.4) is 0 Å². The molecule has 0 aromatic carbocycles. The van der Waals surface area contributed by atoms with Crippen molar-refractivity contribution < 1.29 is 4.74 Å². The summed E-state index contributed by atoms with van der Waals surface area (Å²) in [5.41, 5.74) is 0. The van der Waals surface area contributed by atoms with Gasteiger partial charge in [-0.1, -0.05) is 13.8 Å². The predicted molar refractivity (Wildman–Crippen MR) is 65.7 cm³/mol. The number of rotatable bonds is 8. The number of hydrogen-bond donors (Lipinski definition) is 1. The molecule has 92 valence electrons. The highest BCUT2D eigenvalue weighted by molar-refractivity contribution is 5.11. The highest BCUT2D eigenvalue weighted by Crippen LogP contribution is 2.07. The fourth-order valence-corrected chi connectivity index (χ4v) is 1.37. The van der Waals surface area contributed by atoms with E-state index in [4.69, 9.17) is 4.74 Å². The predicted octanol–water partition coefficient (Wildman–Crippen LogP) is 1.92. The molecule has 0 aliphatic heterocycles. The molecular formula is C12H23N3O. The fraction of sp³-hybridized carbons (Fsp3) is 0.750. The van der Waals surface area contributed by atoms with Crippen LogP contribution in [0, 0.1) is 5.92 Å². The van der Waals surface area contributed by atoms with Gasteiger partial charge in [0.1, 0.15) is 0 Å². The average molecular weight is 225 g/mol. The second-order valence-electron chi connectivity index (χ2n) is 4.33. The summed E-state index contributed by atoms with van der Waals surface area (Å²) in [7, 11) is 0. The molecule has 4 heteroatoms. The molecule has 0 aliphatic rings. The number of hydrogen-bond acceptors (Lipinski definition) is 3. The molecule has 0 radical (unpaired) electrons. The molecule has 1 heterocycles. The summed E-state index contributed by atoms with van der Waals surface area (Å²) in [4.78, 5) is 0. The molecule has 0 bridgehead atoms. The zero-order valence-electron chi connectivity index (χ0n) is 10.6. The molecule has 0 fully saturated rings. The van der Waals surface area contributed by atoms with Crippen molar-refractivity contribution in [2.24, 2.45) is 5.92 Å². The Balaban J connectivity index is 2.02. The molecule has 1 N–H and O–H groups in total. The summed E-state index contributed by atoms with van der Waals surface area (Å²) in [5.74, 6) is 1.58. The quantitative estimate of drug-likeness (QED) is 0.687. The number of ether oxygens (including phenoxy) is 1. The Labute approximate surface area is 98.0 Å². The van der Waals surface area contributed by atoms with Crippen LogP contribution in [-0.4, -0.2) is 29.5 Å². The summed E-state index contributed by atoms with van der Waals surface area (Å²) < 4.78 is 7.44. The Morgan fingerprint density at radius 3 is 2.94 bits per heavy atom. The Hall–Kier alpha value is -1.03. The van der Waals surface area contributed by atoms with Crippen molar-refractivity contribution in [3.63, 3.8) is 0 Å². The number of aryl methyl sites for hydroxylation is 1. The average Bonchev–Trinajstić information content (AvgIpc) is 2.70. The van der Waals surface area contributed by atoms with Crippen LogP contribution in [0.15, 0.2) is 12.4 Å². The second-order valence-corrected chi connectivity index (χ2v) is 4.33. The van der Waals surface area contributed by atoms with Crippen LogP contribution in [-0.2, 0) is 6.54 Å². The van der Waals surface area contributed by atoms with Crippen LogP contribution in [0.2, 0.25) is 0 Å². The van der Waals surface area contributed by atoms with Gasteiger partial charge in [-0.25, -0.2) is 0 Å². The van der Waals surface area contributed by atoms with Gasteiger partial charge in [-0.3, -0.25) is 4.68 Å². The van der Waals surface area contributed by atoms with Crippen LogP contribution in [0.4, 0.5) is 0 Å². The van der Waals surface area contributed by atoms with Gasteiger partial charge in [-0.2, -0.15) is 5.10 Å². The molecular weight excluding hydrogens is 202 g/mol. The lowest BCUT2D eigenvalue weighted by molar-refractivity contribution is 0.306. The van der Waals surface area contributed by atoms with Gasteiger partial charge in [0.2, 0.25) is 0 Å². The van der Waals surface area contributed by atoms with E-state index in [1.807, 2.05) is 10.9 Å². The largest absolute Gasteiger partial charge is 0.490 e. The lowest BCUT2D eigenvalue weighted by Gasteiger charge is -2.07. The second kappa shape index (κ2) is 7.28. The molecule has 0 unspecified atom stereocenters. The molecule has 16 heavy (non-hydrogen) atoms. The zero-order valence-corrected chi connectivity index (χ0v) is 10.6. The van der Waals surface area contributed by atoms with Crippen molar-refractivity contribution in [2.75, 3.05) is 19.7 Å². The number of nitrogens with one attached hydrogen (secondary N) is 1. The molecule has 0 spiro atoms. The topological polar surface area (TPSA) is 39.1 Å². The minimum Gasteiger partial charge on any atom is -0.490 e. The number of nitrogens with zero attached hydrogens (tertiary/aromatic N) is 2. The summed E-state index contributed by atoms with van der Waals surface area (Å²) in [5, 5.41) is 7.54. The molecule has 0 aliphatic carbocycles. The monoisotopic (exact) mass is 225 g/mol. The lowest BCUT2D eigenvalue weighted by Crippen LogP contribution is -2.22. The standard InChI is InChI=1S/C12H23N3O/c1-4-15-10-12(9-14-15)16-7-5-6-13-8-11(2)3/h9-11,13H,4-8H2,1-3H3. The van der Waals surface area contributed by atoms with Crippen molar-refractivity contribution in [1.29, 1.82) is 0 Å². The third-order valence-corrected chi connectivity index (χ3v) is 2.25. The minimum absolute atomic E-state index is 0.712. The SMILES string of the molecule is CCn1cc(OCCCNCC(C)C)cn1. The smallest absolute Gasteiger partial charge is 0.157 e. The summed E-state index contributed by atoms with van der Waals surface area (Å²) >= 11 is 0. The van der Waals surface area contributed by atoms with Gasteiger partial charge in [0.25, 0.3) is 0 Å². The Morgan fingerprint density at radius 2 is 2.31 bits per heavy atom. The van der Waals surface area contributed by atoms with Crippen LogP contribution < -0.4 is 10.1 Å². The van der Waals surface area contributed by atoms with Crippen molar-refractivity contribution in [3.05, 3.63) is 12.4 Å². The van der Waals surface area contributed by atoms with Crippen LogP contribution in [0.5, 0.6) is 5.75 Å². The molecule has 1 aromatic heterocycles. The summed E-state index contributed by atoms with van der Waals surface area (Å²) in [6, 6.07) is 0. The number of aromatic nitrogens is 2. The van der Waals surface area contributed by atoms with E-state index in [-0.39, 0.29) is 0 Å². The first-order valence-corrected chi connectivity index (χ1v) is 6.08. The van der Waals surface area contributed by atoms with E-state index >= 15 is 0 Å². The normalized spacial score (nSPS) is 11.0. The maximum Gasteiger partial charge on any atom is 0.157 e. The van der Waals surface area contributed by atoms with Crippen molar-refractivity contribution in [2.45, 2.75) is 33.7 Å². The van der Waals surface area contributed by atoms with Gasteiger partial charge in [0, 0.05) is 6.54 Å². The van der Waals surface area contributed by atoms with Crippen molar-refractivity contribution in [3.8, 4) is 5.75 Å². The van der Waals surface area contributed by atoms with Crippen LogP contribution in [0.25, 0.3) is 0 Å². The lowest BCUT2D eigenvalue weighted by atomic mass is 10.2. The van der Waals surface area contributed by atoms with Gasteiger partial charge in [0.05, 0.1) is 19.0 Å². The van der Waals surface area contributed by atoms with E-state index in [9.17, 15) is 0 Å². The van der Waals surface area contributed by atoms with Gasteiger partial charge in [-0.15, -0.1) is 0 Å². The molecule has 0 atom stereocenters. The Bertz CT molecular complexity index is 284. The van der Waals surface area contributed by atoms with E-state index in [1.54, 1.807) is 6.20 Å². The van der Waals surface area contributed by atoms with Crippen molar-refractivity contribution >= 4 is 0 Å². The van der Waals surface area contributed by atoms with Gasteiger partial charge in [-0.05, 0) is 32.4 Å². The van der Waals surface area contributed by atoms with E-state index in [0.717, 1.165) is 38.4 Å². The van der Waals surface area contributed by atoms with Gasteiger partial charge in [0.15, 0.2) is 5.75 Å². The molecule has 1 aromatic rings. The molecule has 1 rings (SSSR count). The summed E-state index contributed by atoms with van der Waals surface area (Å²) in [6.07, 6.45) is 4.73. The van der Waals surface area contributed by atoms with E-state index in [0.29, 0.717) is 5.92 Å². The molecule has 4 nitrogen and oxygen atoms in total. The van der Waals surface area contributed by atoms with E-state index < -0.39 is 0 Å². The molecule has 0 saturated carbocycles. The Morgan fingerprint density at radius 1 is 1.50 bits per heavy atom. The minimum atomic E-state index is 0.712. The van der Waals surface area contributed by atoms with E-state index in [2.05, 4.69) is 31.2 Å². The molecule has 0 saturated heterocycles. The first kappa shape index (κ1) is 13.0. The molecule has 0 amide bonds. The fourth-order valence-electron chi connectivity index (χ4n) is 1.37. The summed E-state index contributed by atoms with van der Waals surface area (Å²) in [6.45, 7) is 10.2. The Kier molecular flexibility index (Phi) is 5.93. The maximum absolute atomic E-state index is 5.57. The zero-order chi connectivity index (χ0) is 11.8. The first-order valence-electron chi connectivity index (χ1n) is 6.08. The third kappa shape index (κ3) is 5.16. The van der Waals surface area contributed by atoms with Crippen molar-refractivity contribution in [1.82, 2.24) is 15.1 Å². The maximum atomic E-state index is 5.57. The van der Waals surface area contributed by atoms with Crippen LogP contribution >= 0.6 is 0 Å². The highest BCUT2D eigenvalue weighted by Gasteiger charge is 1.97. The van der Waals surface area contributed by atoms with Crippen LogP contribution in [0.1, 0.15) is 27.2 Å². The van der Waals surface area contributed by atoms with Gasteiger partial charge < -0.3 is 10.1 Å². The first-order chi connectivity index (χ1) is 7.72. The van der Waals surface area contributed by atoms with Gasteiger partial charge >= 0.3 is 0 Å². The third-order valence-electron chi connectivity index (χ3n) is 2.25. The van der Waals surface area contributed by atoms with E-state index in [1.165, 1.54) is 0 Å². The highest BCUT2D eigenvalue weighted by atomic mass is 16.5.